The predicted octanol–water partition coefficient (Wildman–Crippen LogP) is 3.74. The van der Waals surface area contributed by atoms with Crippen LogP contribution in [0, 0.1) is 12.3 Å². The third-order valence-corrected chi connectivity index (χ3v) is 5.09. The highest BCUT2D eigenvalue weighted by atomic mass is 32.1. The fraction of sp³-hybridized carbons (Fsp3) is 0.471. The Kier molecular flexibility index (Phi) is 4.69. The summed E-state index contributed by atoms with van der Waals surface area (Å²) in [4.78, 5) is 13.4. The molecule has 2 aromatic rings. The van der Waals surface area contributed by atoms with Crippen molar-refractivity contribution < 1.29 is 9.90 Å². The van der Waals surface area contributed by atoms with E-state index in [-0.39, 0.29) is 24.0 Å². The van der Waals surface area contributed by atoms with Crippen molar-refractivity contribution in [3.8, 4) is 0 Å². The van der Waals surface area contributed by atoms with Gasteiger partial charge in [-0.25, -0.2) is 0 Å². The van der Waals surface area contributed by atoms with Crippen molar-refractivity contribution in [2.24, 2.45) is 5.41 Å². The molecule has 1 atom stereocenters. The van der Waals surface area contributed by atoms with E-state index in [9.17, 15) is 9.90 Å². The van der Waals surface area contributed by atoms with E-state index in [1.54, 1.807) is 0 Å². The summed E-state index contributed by atoms with van der Waals surface area (Å²) in [7, 11) is 0. The van der Waals surface area contributed by atoms with Gasteiger partial charge in [-0.15, -0.1) is 11.3 Å². The molecule has 0 aliphatic rings. The minimum atomic E-state index is -0.0804. The van der Waals surface area contributed by atoms with Crippen LogP contribution in [-0.2, 0) is 0 Å². The van der Waals surface area contributed by atoms with E-state index in [2.05, 4.69) is 26.1 Å². The summed E-state index contributed by atoms with van der Waals surface area (Å²) in [5.41, 5.74) is 0.952. The molecule has 2 rings (SSSR count). The Hall–Kier alpha value is -1.39. The second kappa shape index (κ2) is 6.16. The number of amides is 1. The molecule has 0 aliphatic heterocycles. The molecule has 0 saturated heterocycles. The number of nitrogens with one attached hydrogen (secondary N) is 1. The molecule has 1 amide bonds. The molecule has 3 nitrogen and oxygen atoms in total. The minimum absolute atomic E-state index is 0.0397. The van der Waals surface area contributed by atoms with E-state index in [4.69, 9.17) is 0 Å². The number of thiophene rings is 1. The molecule has 1 aromatic carbocycles. The van der Waals surface area contributed by atoms with Gasteiger partial charge in [0.2, 0.25) is 0 Å². The molecule has 0 saturated carbocycles. The van der Waals surface area contributed by atoms with E-state index in [1.807, 2.05) is 31.2 Å². The van der Waals surface area contributed by atoms with Crippen molar-refractivity contribution >= 4 is 27.3 Å². The number of aliphatic hydroxyl groups excluding tert-OH is 1. The average molecular weight is 305 g/mol. The van der Waals surface area contributed by atoms with E-state index in [0.717, 1.165) is 20.5 Å². The zero-order chi connectivity index (χ0) is 15.6. The smallest absolute Gasteiger partial charge is 0.261 e. The summed E-state index contributed by atoms with van der Waals surface area (Å²) in [5, 5.41) is 13.4. The number of hydrogen-bond donors (Lipinski definition) is 2. The monoisotopic (exact) mass is 305 g/mol. The summed E-state index contributed by atoms with van der Waals surface area (Å²) >= 11 is 1.53. The molecular weight excluding hydrogens is 282 g/mol. The zero-order valence-electron chi connectivity index (χ0n) is 13.1. The number of aryl methyl sites for hydroxylation is 1. The first-order valence-electron chi connectivity index (χ1n) is 7.24. The topological polar surface area (TPSA) is 49.3 Å². The third kappa shape index (κ3) is 3.44. The molecule has 0 spiro atoms. The Balaban J connectivity index is 2.27. The highest BCUT2D eigenvalue weighted by Gasteiger charge is 2.27. The molecular formula is C17H23NO2S. The van der Waals surface area contributed by atoms with Crippen LogP contribution in [0.25, 0.3) is 10.1 Å². The minimum Gasteiger partial charge on any atom is -0.396 e. The maximum absolute atomic E-state index is 12.6. The van der Waals surface area contributed by atoms with E-state index in [1.165, 1.54) is 11.3 Å². The summed E-state index contributed by atoms with van der Waals surface area (Å²) in [6.45, 7) is 8.29. The summed E-state index contributed by atoms with van der Waals surface area (Å²) in [6, 6.07) is 8.03. The number of carbonyl (C=O) groups excluding carboxylic acids is 1. The lowest BCUT2D eigenvalue weighted by Crippen LogP contribution is -2.44. The molecule has 21 heavy (non-hydrogen) atoms. The van der Waals surface area contributed by atoms with Gasteiger partial charge in [0, 0.05) is 17.3 Å². The fourth-order valence-corrected chi connectivity index (χ4v) is 3.58. The van der Waals surface area contributed by atoms with Crippen LogP contribution in [0.15, 0.2) is 24.3 Å². The molecule has 114 valence electrons. The van der Waals surface area contributed by atoms with Gasteiger partial charge in [-0.3, -0.25) is 4.79 Å². The quantitative estimate of drug-likeness (QED) is 0.904. The van der Waals surface area contributed by atoms with Gasteiger partial charge in [0.15, 0.2) is 0 Å². The number of aliphatic hydroxyl groups is 1. The first kappa shape index (κ1) is 16.0. The summed E-state index contributed by atoms with van der Waals surface area (Å²) in [5.74, 6) is -0.0397. The molecule has 1 aromatic heterocycles. The van der Waals surface area contributed by atoms with Crippen LogP contribution in [0.5, 0.6) is 0 Å². The third-order valence-electron chi connectivity index (χ3n) is 3.82. The van der Waals surface area contributed by atoms with Crippen LogP contribution in [0.3, 0.4) is 0 Å². The maximum Gasteiger partial charge on any atom is 0.261 e. The largest absolute Gasteiger partial charge is 0.396 e. The van der Waals surface area contributed by atoms with Gasteiger partial charge >= 0.3 is 0 Å². The first-order chi connectivity index (χ1) is 9.84. The molecule has 4 heteroatoms. The Morgan fingerprint density at radius 2 is 2.00 bits per heavy atom. The zero-order valence-corrected chi connectivity index (χ0v) is 13.9. The van der Waals surface area contributed by atoms with Crippen molar-refractivity contribution in [1.82, 2.24) is 5.32 Å². The highest BCUT2D eigenvalue weighted by Crippen LogP contribution is 2.31. The van der Waals surface area contributed by atoms with Crippen molar-refractivity contribution in [3.05, 3.63) is 34.7 Å². The number of rotatable bonds is 4. The van der Waals surface area contributed by atoms with Crippen molar-refractivity contribution in [1.29, 1.82) is 0 Å². The van der Waals surface area contributed by atoms with E-state index >= 15 is 0 Å². The molecule has 0 bridgehead atoms. The van der Waals surface area contributed by atoms with Crippen molar-refractivity contribution in [2.75, 3.05) is 6.61 Å². The van der Waals surface area contributed by atoms with Gasteiger partial charge in [-0.1, -0.05) is 39.0 Å². The van der Waals surface area contributed by atoms with Crippen LogP contribution in [0.1, 0.15) is 42.4 Å². The maximum atomic E-state index is 12.6. The molecule has 1 heterocycles. The van der Waals surface area contributed by atoms with Gasteiger partial charge in [0.25, 0.3) is 5.91 Å². The van der Waals surface area contributed by atoms with Gasteiger partial charge in [0.1, 0.15) is 0 Å². The average Bonchev–Trinajstić information content (AvgIpc) is 2.75. The van der Waals surface area contributed by atoms with Gasteiger partial charge in [0.05, 0.1) is 4.88 Å². The van der Waals surface area contributed by atoms with Crippen LogP contribution < -0.4 is 5.32 Å². The fourth-order valence-electron chi connectivity index (χ4n) is 2.47. The standard InChI is InChI=1S/C17H23NO2S/c1-11-12-7-5-6-8-13(12)21-15(11)16(20)18-14(9-10-19)17(2,3)4/h5-8,14,19H,9-10H2,1-4H3,(H,18,20). The number of fused-ring (bicyclic) bond motifs is 1. The van der Waals surface area contributed by atoms with Gasteiger partial charge in [-0.05, 0) is 35.8 Å². The van der Waals surface area contributed by atoms with Crippen LogP contribution in [0.2, 0.25) is 0 Å². The Labute approximate surface area is 130 Å². The lowest BCUT2D eigenvalue weighted by atomic mass is 9.85. The van der Waals surface area contributed by atoms with E-state index in [0.29, 0.717) is 6.42 Å². The van der Waals surface area contributed by atoms with Crippen molar-refractivity contribution in [2.45, 2.75) is 40.2 Å². The lowest BCUT2D eigenvalue weighted by Gasteiger charge is -2.31. The lowest BCUT2D eigenvalue weighted by molar-refractivity contribution is 0.0889. The van der Waals surface area contributed by atoms with Crippen molar-refractivity contribution in [3.63, 3.8) is 0 Å². The number of carbonyl (C=O) groups is 1. The molecule has 2 N–H and O–H groups in total. The predicted molar refractivity (Wildman–Crippen MR) is 89.0 cm³/mol. The molecule has 0 fully saturated rings. The summed E-state index contributed by atoms with van der Waals surface area (Å²) < 4.78 is 1.13. The Bertz CT molecular complexity index is 640. The molecule has 0 aliphatic carbocycles. The van der Waals surface area contributed by atoms with Gasteiger partial charge < -0.3 is 10.4 Å². The number of benzene rings is 1. The van der Waals surface area contributed by atoms with Crippen LogP contribution in [0.4, 0.5) is 0 Å². The van der Waals surface area contributed by atoms with Crippen LogP contribution >= 0.6 is 11.3 Å². The second-order valence-electron chi connectivity index (χ2n) is 6.46. The molecule has 1 unspecified atom stereocenters. The SMILES string of the molecule is Cc1c(C(=O)NC(CCO)C(C)(C)C)sc2ccccc12. The van der Waals surface area contributed by atoms with E-state index < -0.39 is 0 Å². The van der Waals surface area contributed by atoms with Crippen LogP contribution in [-0.4, -0.2) is 23.7 Å². The highest BCUT2D eigenvalue weighted by molar-refractivity contribution is 7.21. The molecule has 0 radical (unpaired) electrons. The first-order valence-corrected chi connectivity index (χ1v) is 8.06. The Morgan fingerprint density at radius 3 is 2.57 bits per heavy atom. The Morgan fingerprint density at radius 1 is 1.33 bits per heavy atom. The normalized spacial score (nSPS) is 13.4. The summed E-state index contributed by atoms with van der Waals surface area (Å²) in [6.07, 6.45) is 0.569. The van der Waals surface area contributed by atoms with Gasteiger partial charge in [-0.2, -0.15) is 0 Å². The second-order valence-corrected chi connectivity index (χ2v) is 7.51. The number of hydrogen-bond acceptors (Lipinski definition) is 3.